The second-order valence-electron chi connectivity index (χ2n) is 4.03. The molecule has 1 aromatic heterocycles. The predicted octanol–water partition coefficient (Wildman–Crippen LogP) is 3.29. The third-order valence-corrected chi connectivity index (χ3v) is 3.87. The molecule has 1 aromatic carbocycles. The highest BCUT2D eigenvalue weighted by atomic mass is 35.5. The summed E-state index contributed by atoms with van der Waals surface area (Å²) in [6.07, 6.45) is 0. The summed E-state index contributed by atoms with van der Waals surface area (Å²) in [7, 11) is 0. The number of carbonyl (C=O) groups is 1. The molecule has 0 aliphatic rings. The number of rotatable bonds is 5. The molecule has 1 N–H and O–H groups in total. The zero-order valence-corrected chi connectivity index (χ0v) is 12.8. The van der Waals surface area contributed by atoms with Gasteiger partial charge in [0.1, 0.15) is 0 Å². The highest BCUT2D eigenvalue weighted by molar-refractivity contribution is 7.17. The Kier molecular flexibility index (Phi) is 4.92. The largest absolute Gasteiger partial charge is 0.372 e. The monoisotopic (exact) mass is 310 g/mol. The highest BCUT2D eigenvalue weighted by Gasteiger charge is 2.12. The van der Waals surface area contributed by atoms with Gasteiger partial charge >= 0.3 is 0 Å². The summed E-state index contributed by atoms with van der Waals surface area (Å²) in [5.74, 6) is -0.301. The number of benzene rings is 1. The van der Waals surface area contributed by atoms with E-state index in [9.17, 15) is 4.79 Å². The number of nitrogens with one attached hydrogen (secondary N) is 1. The molecule has 0 atom stereocenters. The van der Waals surface area contributed by atoms with Gasteiger partial charge in [-0.3, -0.25) is 4.79 Å². The number of amides is 1. The van der Waals surface area contributed by atoms with Gasteiger partial charge in [0, 0.05) is 24.5 Å². The maximum absolute atomic E-state index is 11.9. The van der Waals surface area contributed by atoms with Crippen LogP contribution in [0.5, 0.6) is 0 Å². The van der Waals surface area contributed by atoms with Crippen molar-refractivity contribution >= 4 is 40.2 Å². The smallest absolute Gasteiger partial charge is 0.286 e. The van der Waals surface area contributed by atoms with Gasteiger partial charge in [-0.2, -0.15) is 0 Å². The molecule has 0 fully saturated rings. The Hall–Kier alpha value is -1.66. The molecule has 0 aliphatic carbocycles. The molecule has 0 saturated heterocycles. The normalized spacial score (nSPS) is 10.3. The van der Waals surface area contributed by atoms with E-state index in [2.05, 4.69) is 34.3 Å². The first-order chi connectivity index (χ1) is 9.63. The topological polar surface area (TPSA) is 58.1 Å². The molecule has 0 saturated carbocycles. The van der Waals surface area contributed by atoms with Gasteiger partial charge in [-0.05, 0) is 49.7 Å². The first-order valence-electron chi connectivity index (χ1n) is 6.29. The third kappa shape index (κ3) is 3.46. The Morgan fingerprint density at radius 1 is 1.25 bits per heavy atom. The standard InChI is InChI=1S/C13H15ClN4OS/c1-3-18(4-2)10-7-5-9(6-8-10)15-11(19)12-16-17-13(14)20-12/h5-8H,3-4H2,1-2H3,(H,15,19). The summed E-state index contributed by atoms with van der Waals surface area (Å²) in [4.78, 5) is 14.1. The number of anilines is 2. The molecule has 0 unspecified atom stereocenters. The Balaban J connectivity index is 2.05. The van der Waals surface area contributed by atoms with E-state index in [1.54, 1.807) is 0 Å². The summed E-state index contributed by atoms with van der Waals surface area (Å²) in [5.41, 5.74) is 1.85. The number of carbonyl (C=O) groups excluding carboxylic acids is 1. The molecule has 1 heterocycles. The lowest BCUT2D eigenvalue weighted by Gasteiger charge is -2.21. The Bertz CT molecular complexity index is 580. The van der Waals surface area contributed by atoms with Crippen LogP contribution >= 0.6 is 22.9 Å². The second-order valence-corrected chi connectivity index (χ2v) is 5.59. The molecule has 2 aromatic rings. The molecule has 1 amide bonds. The van der Waals surface area contributed by atoms with E-state index < -0.39 is 0 Å². The first kappa shape index (κ1) is 14.7. The molecule has 7 heteroatoms. The fourth-order valence-electron chi connectivity index (χ4n) is 1.83. The van der Waals surface area contributed by atoms with Gasteiger partial charge in [-0.1, -0.05) is 11.3 Å². The minimum absolute atomic E-state index is 0.253. The van der Waals surface area contributed by atoms with E-state index >= 15 is 0 Å². The highest BCUT2D eigenvalue weighted by Crippen LogP contribution is 2.20. The molecule has 2 rings (SSSR count). The summed E-state index contributed by atoms with van der Waals surface area (Å²) in [5, 5.41) is 10.3. The van der Waals surface area contributed by atoms with E-state index in [1.807, 2.05) is 24.3 Å². The quantitative estimate of drug-likeness (QED) is 0.920. The number of halogens is 1. The third-order valence-electron chi connectivity index (χ3n) is 2.85. The van der Waals surface area contributed by atoms with Crippen LogP contribution in [-0.2, 0) is 0 Å². The van der Waals surface area contributed by atoms with Crippen LogP contribution in [0.1, 0.15) is 23.6 Å². The maximum Gasteiger partial charge on any atom is 0.286 e. The molecule has 106 valence electrons. The molecule has 0 spiro atoms. The predicted molar refractivity (Wildman–Crippen MR) is 82.9 cm³/mol. The molecular formula is C13H15ClN4OS. The number of aromatic nitrogens is 2. The van der Waals surface area contributed by atoms with E-state index in [4.69, 9.17) is 11.6 Å². The maximum atomic E-state index is 11.9. The van der Waals surface area contributed by atoms with Crippen molar-refractivity contribution < 1.29 is 4.79 Å². The fourth-order valence-corrected chi connectivity index (χ4v) is 2.55. The lowest BCUT2D eigenvalue weighted by Crippen LogP contribution is -2.21. The molecule has 0 aliphatic heterocycles. The number of nitrogens with zero attached hydrogens (tertiary/aromatic N) is 3. The molecule has 20 heavy (non-hydrogen) atoms. The minimum atomic E-state index is -0.301. The van der Waals surface area contributed by atoms with Crippen molar-refractivity contribution in [1.29, 1.82) is 0 Å². The lowest BCUT2D eigenvalue weighted by molar-refractivity contribution is 0.102. The van der Waals surface area contributed by atoms with Crippen molar-refractivity contribution in [2.45, 2.75) is 13.8 Å². The Morgan fingerprint density at radius 3 is 2.40 bits per heavy atom. The van der Waals surface area contributed by atoms with Crippen molar-refractivity contribution in [2.75, 3.05) is 23.3 Å². The molecule has 5 nitrogen and oxygen atoms in total. The zero-order chi connectivity index (χ0) is 14.5. The zero-order valence-electron chi connectivity index (χ0n) is 11.3. The van der Waals surface area contributed by atoms with Crippen LogP contribution in [0.25, 0.3) is 0 Å². The molecule has 0 radical (unpaired) electrons. The minimum Gasteiger partial charge on any atom is -0.372 e. The van der Waals surface area contributed by atoms with Gasteiger partial charge in [-0.15, -0.1) is 10.2 Å². The average Bonchev–Trinajstić information content (AvgIpc) is 2.89. The Labute approximate surface area is 126 Å². The van der Waals surface area contributed by atoms with Crippen molar-refractivity contribution in [3.8, 4) is 0 Å². The summed E-state index contributed by atoms with van der Waals surface area (Å²) in [6.45, 7) is 6.12. The van der Waals surface area contributed by atoms with Crippen LogP contribution in [0.3, 0.4) is 0 Å². The molecular weight excluding hydrogens is 296 g/mol. The SMILES string of the molecule is CCN(CC)c1ccc(NC(=O)c2nnc(Cl)s2)cc1. The van der Waals surface area contributed by atoms with Crippen molar-refractivity contribution in [3.63, 3.8) is 0 Å². The van der Waals surface area contributed by atoms with E-state index in [0.29, 0.717) is 0 Å². The fraction of sp³-hybridized carbons (Fsp3) is 0.308. The van der Waals surface area contributed by atoms with Crippen LogP contribution in [0, 0.1) is 0 Å². The summed E-state index contributed by atoms with van der Waals surface area (Å²) >= 11 is 6.71. The number of hydrogen-bond acceptors (Lipinski definition) is 5. The van der Waals surface area contributed by atoms with Crippen molar-refractivity contribution in [2.24, 2.45) is 0 Å². The van der Waals surface area contributed by atoms with Crippen LogP contribution in [0.4, 0.5) is 11.4 Å². The van der Waals surface area contributed by atoms with Gasteiger partial charge in [-0.25, -0.2) is 0 Å². The van der Waals surface area contributed by atoms with Gasteiger partial charge < -0.3 is 10.2 Å². The van der Waals surface area contributed by atoms with E-state index in [-0.39, 0.29) is 15.4 Å². The second kappa shape index (κ2) is 6.67. The van der Waals surface area contributed by atoms with Crippen LogP contribution in [0.15, 0.2) is 24.3 Å². The van der Waals surface area contributed by atoms with Gasteiger partial charge in [0.2, 0.25) is 9.47 Å². The van der Waals surface area contributed by atoms with Gasteiger partial charge in [0.25, 0.3) is 5.91 Å². The van der Waals surface area contributed by atoms with Crippen LogP contribution in [-0.4, -0.2) is 29.2 Å². The lowest BCUT2D eigenvalue weighted by atomic mass is 10.2. The average molecular weight is 311 g/mol. The van der Waals surface area contributed by atoms with Crippen LogP contribution < -0.4 is 10.2 Å². The molecule has 0 bridgehead atoms. The van der Waals surface area contributed by atoms with Gasteiger partial charge in [0.15, 0.2) is 0 Å². The van der Waals surface area contributed by atoms with Crippen molar-refractivity contribution in [1.82, 2.24) is 10.2 Å². The van der Waals surface area contributed by atoms with Crippen molar-refractivity contribution in [3.05, 3.63) is 33.7 Å². The summed E-state index contributed by atoms with van der Waals surface area (Å²) < 4.78 is 0.257. The van der Waals surface area contributed by atoms with Gasteiger partial charge in [0.05, 0.1) is 0 Å². The van der Waals surface area contributed by atoms with Crippen LogP contribution in [0.2, 0.25) is 4.47 Å². The number of hydrogen-bond donors (Lipinski definition) is 1. The Morgan fingerprint density at radius 2 is 1.90 bits per heavy atom. The first-order valence-corrected chi connectivity index (χ1v) is 7.48. The van der Waals surface area contributed by atoms with E-state index in [0.717, 1.165) is 35.8 Å². The summed E-state index contributed by atoms with van der Waals surface area (Å²) in [6, 6.07) is 7.70. The van der Waals surface area contributed by atoms with E-state index in [1.165, 1.54) is 0 Å².